The second-order valence-corrected chi connectivity index (χ2v) is 5.77. The summed E-state index contributed by atoms with van der Waals surface area (Å²) in [7, 11) is 2.58. The number of aromatic nitrogens is 1. The summed E-state index contributed by atoms with van der Waals surface area (Å²) in [6.07, 6.45) is 0.896. The standard InChI is InChI=1S/C10H7ClFNO3S/c1-16-10-6-3-2-4-8(17(11,14)15)9(6)7(12)5-13-10/h2-5H,1H3. The Morgan fingerprint density at radius 2 is 2.12 bits per heavy atom. The Morgan fingerprint density at radius 1 is 1.41 bits per heavy atom. The smallest absolute Gasteiger partial charge is 0.262 e. The van der Waals surface area contributed by atoms with E-state index in [9.17, 15) is 12.8 Å². The zero-order chi connectivity index (χ0) is 12.6. The predicted octanol–water partition coefficient (Wildman–Crippen LogP) is 2.31. The molecule has 0 fully saturated rings. The van der Waals surface area contributed by atoms with Crippen molar-refractivity contribution < 1.29 is 17.5 Å². The van der Waals surface area contributed by atoms with E-state index in [2.05, 4.69) is 4.98 Å². The molecule has 0 unspecified atom stereocenters. The number of pyridine rings is 1. The first-order valence-corrected chi connectivity index (χ1v) is 6.82. The molecule has 0 radical (unpaired) electrons. The topological polar surface area (TPSA) is 56.3 Å². The summed E-state index contributed by atoms with van der Waals surface area (Å²) in [6, 6.07) is 4.18. The summed E-state index contributed by atoms with van der Waals surface area (Å²) in [5.74, 6) is -0.621. The highest BCUT2D eigenvalue weighted by molar-refractivity contribution is 8.14. The number of methoxy groups -OCH3 is 1. The van der Waals surface area contributed by atoms with Crippen LogP contribution in [0.15, 0.2) is 29.3 Å². The van der Waals surface area contributed by atoms with Gasteiger partial charge >= 0.3 is 0 Å². The molecule has 1 aromatic heterocycles. The van der Waals surface area contributed by atoms with Crippen molar-refractivity contribution >= 4 is 30.5 Å². The van der Waals surface area contributed by atoms with E-state index < -0.39 is 14.9 Å². The van der Waals surface area contributed by atoms with Crippen LogP contribution in [0.25, 0.3) is 10.8 Å². The van der Waals surface area contributed by atoms with E-state index in [0.29, 0.717) is 0 Å². The van der Waals surface area contributed by atoms with Crippen molar-refractivity contribution in [1.29, 1.82) is 0 Å². The largest absolute Gasteiger partial charge is 0.481 e. The maximum absolute atomic E-state index is 13.7. The van der Waals surface area contributed by atoms with E-state index in [1.54, 1.807) is 0 Å². The lowest BCUT2D eigenvalue weighted by Gasteiger charge is -2.07. The highest BCUT2D eigenvalue weighted by Gasteiger charge is 2.19. The average molecular weight is 276 g/mol. The number of halogens is 2. The third kappa shape index (κ3) is 2.05. The van der Waals surface area contributed by atoms with Crippen LogP contribution in [0.5, 0.6) is 5.88 Å². The van der Waals surface area contributed by atoms with Gasteiger partial charge in [-0.05, 0) is 12.1 Å². The van der Waals surface area contributed by atoms with Gasteiger partial charge in [0.15, 0.2) is 5.82 Å². The zero-order valence-electron chi connectivity index (χ0n) is 8.65. The van der Waals surface area contributed by atoms with Crippen LogP contribution < -0.4 is 4.74 Å². The van der Waals surface area contributed by atoms with Crippen LogP contribution in [0, 0.1) is 5.82 Å². The Morgan fingerprint density at radius 3 is 2.71 bits per heavy atom. The Labute approximate surface area is 101 Å². The van der Waals surface area contributed by atoms with Crippen molar-refractivity contribution in [2.24, 2.45) is 0 Å². The molecular formula is C10H7ClFNO3S. The molecule has 0 saturated heterocycles. The number of hydrogen-bond donors (Lipinski definition) is 0. The fourth-order valence-corrected chi connectivity index (χ4v) is 2.65. The first-order valence-electron chi connectivity index (χ1n) is 4.51. The molecule has 90 valence electrons. The molecule has 0 aliphatic rings. The van der Waals surface area contributed by atoms with E-state index in [1.807, 2.05) is 0 Å². The second-order valence-electron chi connectivity index (χ2n) is 3.23. The predicted molar refractivity (Wildman–Crippen MR) is 61.3 cm³/mol. The number of fused-ring (bicyclic) bond motifs is 1. The fourth-order valence-electron chi connectivity index (χ4n) is 1.57. The zero-order valence-corrected chi connectivity index (χ0v) is 10.2. The highest BCUT2D eigenvalue weighted by atomic mass is 35.7. The van der Waals surface area contributed by atoms with Gasteiger partial charge in [-0.3, -0.25) is 0 Å². The van der Waals surface area contributed by atoms with Crippen molar-refractivity contribution in [2.75, 3.05) is 7.11 Å². The monoisotopic (exact) mass is 275 g/mol. The highest BCUT2D eigenvalue weighted by Crippen LogP contribution is 2.31. The van der Waals surface area contributed by atoms with Crippen LogP contribution in [0.3, 0.4) is 0 Å². The van der Waals surface area contributed by atoms with Gasteiger partial charge in [0.2, 0.25) is 5.88 Å². The number of benzene rings is 1. The fraction of sp³-hybridized carbons (Fsp3) is 0.100. The number of ether oxygens (including phenoxy) is 1. The summed E-state index contributed by atoms with van der Waals surface area (Å²) in [5, 5.41) is 0.142. The van der Waals surface area contributed by atoms with Crippen LogP contribution in [-0.4, -0.2) is 20.5 Å². The Kier molecular flexibility index (Phi) is 2.92. The average Bonchev–Trinajstić information content (AvgIpc) is 2.28. The van der Waals surface area contributed by atoms with Gasteiger partial charge in [-0.1, -0.05) is 6.07 Å². The van der Waals surface area contributed by atoms with Crippen molar-refractivity contribution in [3.05, 3.63) is 30.2 Å². The van der Waals surface area contributed by atoms with Gasteiger partial charge in [0.05, 0.1) is 18.2 Å². The first-order chi connectivity index (χ1) is 7.95. The van der Waals surface area contributed by atoms with Crippen LogP contribution in [0.2, 0.25) is 0 Å². The van der Waals surface area contributed by atoms with Gasteiger partial charge in [-0.25, -0.2) is 17.8 Å². The molecule has 0 bridgehead atoms. The minimum atomic E-state index is -4.03. The molecule has 2 rings (SSSR count). The second kappa shape index (κ2) is 4.12. The van der Waals surface area contributed by atoms with Crippen LogP contribution in [-0.2, 0) is 9.05 Å². The maximum atomic E-state index is 13.7. The molecular weight excluding hydrogens is 269 g/mol. The van der Waals surface area contributed by atoms with E-state index in [1.165, 1.54) is 25.3 Å². The van der Waals surface area contributed by atoms with Gasteiger partial charge in [0.25, 0.3) is 9.05 Å². The number of rotatable bonds is 2. The van der Waals surface area contributed by atoms with Gasteiger partial charge in [0, 0.05) is 21.5 Å². The van der Waals surface area contributed by atoms with E-state index in [0.717, 1.165) is 6.20 Å². The molecule has 4 nitrogen and oxygen atoms in total. The molecule has 0 atom stereocenters. The quantitative estimate of drug-likeness (QED) is 0.789. The van der Waals surface area contributed by atoms with E-state index >= 15 is 0 Å². The minimum absolute atomic E-state index is 0.116. The molecule has 0 aliphatic heterocycles. The summed E-state index contributed by atoms with van der Waals surface area (Å²) in [4.78, 5) is 3.42. The summed E-state index contributed by atoms with van der Waals surface area (Å²) < 4.78 is 41.3. The molecule has 1 aromatic carbocycles. The van der Waals surface area contributed by atoms with Crippen LogP contribution in [0.4, 0.5) is 4.39 Å². The molecule has 1 heterocycles. The molecule has 7 heteroatoms. The third-order valence-electron chi connectivity index (χ3n) is 2.25. The van der Waals surface area contributed by atoms with Crippen molar-refractivity contribution in [2.45, 2.75) is 4.90 Å². The SMILES string of the molecule is COc1ncc(F)c2c(S(=O)(=O)Cl)cccc12. The maximum Gasteiger partial charge on any atom is 0.262 e. The molecule has 0 amide bonds. The molecule has 0 N–H and O–H groups in total. The Balaban J connectivity index is 2.99. The Hall–Kier alpha value is -1.40. The normalized spacial score (nSPS) is 11.7. The van der Waals surface area contributed by atoms with E-state index in [-0.39, 0.29) is 21.5 Å². The first kappa shape index (κ1) is 12.1. The minimum Gasteiger partial charge on any atom is -0.481 e. The van der Waals surface area contributed by atoms with Gasteiger partial charge in [0.1, 0.15) is 0 Å². The van der Waals surface area contributed by atoms with Crippen molar-refractivity contribution in [3.63, 3.8) is 0 Å². The lowest BCUT2D eigenvalue weighted by molar-refractivity contribution is 0.402. The Bertz CT molecular complexity index is 687. The lowest BCUT2D eigenvalue weighted by atomic mass is 10.1. The van der Waals surface area contributed by atoms with Crippen molar-refractivity contribution in [1.82, 2.24) is 4.98 Å². The van der Waals surface area contributed by atoms with E-state index in [4.69, 9.17) is 15.4 Å². The van der Waals surface area contributed by atoms with Crippen LogP contribution >= 0.6 is 10.7 Å². The molecule has 0 aliphatic carbocycles. The third-order valence-corrected chi connectivity index (χ3v) is 3.61. The van der Waals surface area contributed by atoms with Crippen LogP contribution in [0.1, 0.15) is 0 Å². The van der Waals surface area contributed by atoms with Crippen molar-refractivity contribution in [3.8, 4) is 5.88 Å². The summed E-state index contributed by atoms with van der Waals surface area (Å²) >= 11 is 0. The van der Waals surface area contributed by atoms with Gasteiger partial charge < -0.3 is 4.74 Å². The molecule has 17 heavy (non-hydrogen) atoms. The van der Waals surface area contributed by atoms with Gasteiger partial charge in [-0.15, -0.1) is 0 Å². The molecule has 2 aromatic rings. The summed E-state index contributed by atoms with van der Waals surface area (Å²) in [5.41, 5.74) is 0. The number of nitrogens with zero attached hydrogens (tertiary/aromatic N) is 1. The molecule has 0 spiro atoms. The van der Waals surface area contributed by atoms with Gasteiger partial charge in [-0.2, -0.15) is 0 Å². The summed E-state index contributed by atoms with van der Waals surface area (Å²) in [6.45, 7) is 0. The number of hydrogen-bond acceptors (Lipinski definition) is 4. The lowest BCUT2D eigenvalue weighted by Crippen LogP contribution is -1.97. The molecule has 0 saturated carbocycles.